The Morgan fingerprint density at radius 2 is 1.72 bits per heavy atom. The highest BCUT2D eigenvalue weighted by Gasteiger charge is 2.31. The van der Waals surface area contributed by atoms with Gasteiger partial charge in [-0.15, -0.1) is 0 Å². The molecule has 2 aromatic rings. The summed E-state index contributed by atoms with van der Waals surface area (Å²) in [6, 6.07) is 9.70. The molecule has 0 bridgehead atoms. The highest BCUT2D eigenvalue weighted by Crippen LogP contribution is 2.18. The molecule has 1 saturated heterocycles. The predicted molar refractivity (Wildman–Crippen MR) is 138 cm³/mol. The minimum atomic E-state index is -0.945. The molecule has 2 aliphatic rings. The first-order valence-corrected chi connectivity index (χ1v) is 12.4. The summed E-state index contributed by atoms with van der Waals surface area (Å²) < 4.78 is 1.43. The molecule has 1 aromatic heterocycles. The van der Waals surface area contributed by atoms with Gasteiger partial charge < -0.3 is 26.6 Å². The molecule has 2 heterocycles. The quantitative estimate of drug-likeness (QED) is 0.457. The van der Waals surface area contributed by atoms with Gasteiger partial charge in [0.05, 0.1) is 11.2 Å². The van der Waals surface area contributed by atoms with Gasteiger partial charge in [-0.3, -0.25) is 14.7 Å². The standard InChI is InChI=1S/C25H36N8O3/c1-25(2,27)22(34)31-11-13-32(14-12-31)23(35)29-21-9-10-33(24(36)30-21)20-7-3-17(4-8-20)16-28-19-6-5-18(26)15-19/h3-4,7-10,18-19,28H,5-6,11-16,26-27H2,1-2H3,(H,29,30,35,36)/t18?,19-/m0/s1. The van der Waals surface area contributed by atoms with Gasteiger partial charge in [0.15, 0.2) is 0 Å². The predicted octanol–water partition coefficient (Wildman–Crippen LogP) is 0.615. The number of hydrogen-bond donors (Lipinski definition) is 4. The summed E-state index contributed by atoms with van der Waals surface area (Å²) >= 11 is 0. The number of hydrogen-bond acceptors (Lipinski definition) is 7. The molecule has 1 unspecified atom stereocenters. The molecule has 2 fully saturated rings. The van der Waals surface area contributed by atoms with Gasteiger partial charge in [0.25, 0.3) is 0 Å². The van der Waals surface area contributed by atoms with Crippen molar-refractivity contribution < 1.29 is 9.59 Å². The molecule has 194 valence electrons. The molecule has 4 rings (SSSR count). The third kappa shape index (κ3) is 6.28. The van der Waals surface area contributed by atoms with Crippen LogP contribution >= 0.6 is 0 Å². The van der Waals surface area contributed by atoms with Gasteiger partial charge in [-0.2, -0.15) is 4.98 Å². The summed E-state index contributed by atoms with van der Waals surface area (Å²) in [6.45, 7) is 5.65. The lowest BCUT2D eigenvalue weighted by Crippen LogP contribution is -2.58. The summed E-state index contributed by atoms with van der Waals surface area (Å²) in [5.41, 5.74) is 12.3. The topological polar surface area (TPSA) is 152 Å². The molecular formula is C25H36N8O3. The molecule has 3 amide bonds. The van der Waals surface area contributed by atoms with E-state index in [0.29, 0.717) is 44.0 Å². The smallest absolute Gasteiger partial charge is 0.338 e. The van der Waals surface area contributed by atoms with Crippen LogP contribution in [-0.4, -0.2) is 75.1 Å². The van der Waals surface area contributed by atoms with E-state index in [1.54, 1.807) is 35.9 Å². The number of nitrogens with zero attached hydrogens (tertiary/aromatic N) is 4. The first-order valence-electron chi connectivity index (χ1n) is 12.4. The Hall–Kier alpha value is -3.28. The lowest BCUT2D eigenvalue weighted by molar-refractivity contribution is -0.137. The number of anilines is 1. The van der Waals surface area contributed by atoms with Gasteiger partial charge in [-0.25, -0.2) is 9.59 Å². The second-order valence-corrected chi connectivity index (χ2v) is 10.2. The zero-order valence-electron chi connectivity index (χ0n) is 20.9. The Balaban J connectivity index is 1.31. The summed E-state index contributed by atoms with van der Waals surface area (Å²) in [7, 11) is 0. The van der Waals surface area contributed by atoms with Crippen molar-refractivity contribution in [1.29, 1.82) is 0 Å². The van der Waals surface area contributed by atoms with Crippen LogP contribution in [0.5, 0.6) is 0 Å². The zero-order valence-corrected chi connectivity index (χ0v) is 20.9. The van der Waals surface area contributed by atoms with E-state index in [0.717, 1.165) is 31.4 Å². The Labute approximate surface area is 210 Å². The second-order valence-electron chi connectivity index (χ2n) is 10.2. The number of carbonyl (C=O) groups is 2. The molecule has 0 radical (unpaired) electrons. The first-order chi connectivity index (χ1) is 17.1. The lowest BCUT2D eigenvalue weighted by atomic mass is 10.1. The van der Waals surface area contributed by atoms with E-state index in [2.05, 4.69) is 15.6 Å². The average Bonchev–Trinajstić information content (AvgIpc) is 3.27. The van der Waals surface area contributed by atoms with Crippen LogP contribution in [0.2, 0.25) is 0 Å². The number of carbonyl (C=O) groups excluding carboxylic acids is 2. The Kier molecular flexibility index (Phi) is 7.72. The summed E-state index contributed by atoms with van der Waals surface area (Å²) in [5.74, 6) is 0.0362. The van der Waals surface area contributed by atoms with E-state index in [1.165, 1.54) is 4.57 Å². The lowest BCUT2D eigenvalue weighted by Gasteiger charge is -2.37. The maximum Gasteiger partial charge on any atom is 0.354 e. The molecular weight excluding hydrogens is 460 g/mol. The van der Waals surface area contributed by atoms with Crippen molar-refractivity contribution in [3.05, 3.63) is 52.6 Å². The van der Waals surface area contributed by atoms with Crippen molar-refractivity contribution in [3.8, 4) is 5.69 Å². The van der Waals surface area contributed by atoms with Crippen molar-refractivity contribution >= 4 is 17.8 Å². The number of nitrogens with one attached hydrogen (secondary N) is 2. The molecule has 6 N–H and O–H groups in total. The van der Waals surface area contributed by atoms with Crippen molar-refractivity contribution in [2.45, 2.75) is 57.3 Å². The number of rotatable bonds is 6. The summed E-state index contributed by atoms with van der Waals surface area (Å²) in [6.07, 6.45) is 4.77. The average molecular weight is 497 g/mol. The molecule has 11 nitrogen and oxygen atoms in total. The number of nitrogens with two attached hydrogens (primary N) is 2. The largest absolute Gasteiger partial charge is 0.354 e. The van der Waals surface area contributed by atoms with Crippen LogP contribution in [0.4, 0.5) is 10.6 Å². The molecule has 0 spiro atoms. The van der Waals surface area contributed by atoms with Crippen LogP contribution in [0, 0.1) is 0 Å². The van der Waals surface area contributed by atoms with E-state index >= 15 is 0 Å². The minimum Gasteiger partial charge on any atom is -0.338 e. The van der Waals surface area contributed by atoms with Gasteiger partial charge in [0, 0.05) is 51.0 Å². The van der Waals surface area contributed by atoms with Gasteiger partial charge in [0.2, 0.25) is 5.91 Å². The maximum atomic E-state index is 12.6. The van der Waals surface area contributed by atoms with Gasteiger partial charge in [-0.05, 0) is 56.9 Å². The van der Waals surface area contributed by atoms with E-state index in [1.807, 2.05) is 24.3 Å². The molecule has 11 heteroatoms. The third-order valence-electron chi connectivity index (χ3n) is 6.73. The highest BCUT2D eigenvalue weighted by molar-refractivity contribution is 5.89. The molecule has 1 aliphatic heterocycles. The highest BCUT2D eigenvalue weighted by atomic mass is 16.2. The van der Waals surface area contributed by atoms with Crippen molar-refractivity contribution in [2.75, 3.05) is 31.5 Å². The van der Waals surface area contributed by atoms with Crippen LogP contribution in [0.1, 0.15) is 38.7 Å². The fourth-order valence-corrected chi connectivity index (χ4v) is 4.62. The van der Waals surface area contributed by atoms with Gasteiger partial charge in [-0.1, -0.05) is 12.1 Å². The SMILES string of the molecule is CC(C)(N)C(=O)N1CCN(C(=O)Nc2ccn(-c3ccc(CN[C@H]4CCC(N)C4)cc3)c(=O)n2)CC1. The second kappa shape index (κ2) is 10.8. The molecule has 1 saturated carbocycles. The first kappa shape index (κ1) is 25.8. The Bertz CT molecular complexity index is 1130. The van der Waals surface area contributed by atoms with Crippen molar-refractivity contribution in [2.24, 2.45) is 11.5 Å². The van der Waals surface area contributed by atoms with E-state index < -0.39 is 11.2 Å². The molecule has 36 heavy (non-hydrogen) atoms. The van der Waals surface area contributed by atoms with Crippen LogP contribution in [0.25, 0.3) is 5.69 Å². The van der Waals surface area contributed by atoms with Gasteiger partial charge >= 0.3 is 11.7 Å². The Morgan fingerprint density at radius 3 is 2.31 bits per heavy atom. The van der Waals surface area contributed by atoms with E-state index in [9.17, 15) is 14.4 Å². The number of aromatic nitrogens is 2. The third-order valence-corrected chi connectivity index (χ3v) is 6.73. The van der Waals surface area contributed by atoms with E-state index in [-0.39, 0.29) is 17.8 Å². The number of piperazine rings is 1. The van der Waals surface area contributed by atoms with Crippen LogP contribution in [-0.2, 0) is 11.3 Å². The van der Waals surface area contributed by atoms with E-state index in [4.69, 9.17) is 11.5 Å². The number of benzene rings is 1. The van der Waals surface area contributed by atoms with Gasteiger partial charge in [0.1, 0.15) is 5.82 Å². The summed E-state index contributed by atoms with van der Waals surface area (Å²) in [5, 5.41) is 6.21. The van der Waals surface area contributed by atoms with Crippen molar-refractivity contribution in [1.82, 2.24) is 24.7 Å². The molecule has 2 atom stereocenters. The van der Waals surface area contributed by atoms with Crippen LogP contribution < -0.4 is 27.8 Å². The maximum absolute atomic E-state index is 12.6. The fourth-order valence-electron chi connectivity index (χ4n) is 4.62. The Morgan fingerprint density at radius 1 is 1.06 bits per heavy atom. The van der Waals surface area contributed by atoms with Crippen LogP contribution in [0.3, 0.4) is 0 Å². The monoisotopic (exact) mass is 496 g/mol. The van der Waals surface area contributed by atoms with Crippen molar-refractivity contribution in [3.63, 3.8) is 0 Å². The zero-order chi connectivity index (χ0) is 25.9. The summed E-state index contributed by atoms with van der Waals surface area (Å²) in [4.78, 5) is 44.9. The number of urea groups is 1. The normalized spacial score (nSPS) is 20.4. The minimum absolute atomic E-state index is 0.143. The molecule has 1 aliphatic carbocycles. The number of amides is 3. The van der Waals surface area contributed by atoms with Crippen LogP contribution in [0.15, 0.2) is 41.3 Å². The fraction of sp³-hybridized carbons (Fsp3) is 0.520. The molecule has 1 aromatic carbocycles.